The first-order valence-corrected chi connectivity index (χ1v) is 8.42. The maximum absolute atomic E-state index is 14.2. The Balaban J connectivity index is 3.32. The summed E-state index contributed by atoms with van der Waals surface area (Å²) in [5.41, 5.74) is -1.26. The van der Waals surface area contributed by atoms with Gasteiger partial charge in [-0.3, -0.25) is 0 Å². The van der Waals surface area contributed by atoms with Crippen molar-refractivity contribution in [2.45, 2.75) is 37.5 Å². The van der Waals surface area contributed by atoms with E-state index in [1.807, 2.05) is 0 Å². The van der Waals surface area contributed by atoms with E-state index < -0.39 is 34.1 Å². The molecule has 0 heterocycles. The van der Waals surface area contributed by atoms with Crippen LogP contribution in [0, 0.1) is 5.82 Å². The molecule has 0 bridgehead atoms. The highest BCUT2D eigenvalue weighted by Crippen LogP contribution is 2.33. The van der Waals surface area contributed by atoms with Crippen LogP contribution in [0.25, 0.3) is 0 Å². The summed E-state index contributed by atoms with van der Waals surface area (Å²) in [6, 6.07) is 4.30. The molecule has 118 valence electrons. The first-order chi connectivity index (χ1) is 9.66. The van der Waals surface area contributed by atoms with E-state index in [-0.39, 0.29) is 12.0 Å². The van der Waals surface area contributed by atoms with Crippen LogP contribution in [0.1, 0.15) is 32.8 Å². The van der Waals surface area contributed by atoms with Crippen LogP contribution in [0.3, 0.4) is 0 Å². The molecule has 0 radical (unpaired) electrons. The molecule has 21 heavy (non-hydrogen) atoms. The third-order valence-corrected chi connectivity index (χ3v) is 5.19. The molecule has 0 unspecified atom stereocenters. The Morgan fingerprint density at radius 1 is 1.43 bits per heavy atom. The number of hydrogen-bond acceptors (Lipinski definition) is 2. The highest BCUT2D eigenvalue weighted by atomic mass is 79.9. The molecule has 0 saturated carbocycles. The molecule has 0 spiro atoms. The largest absolute Gasteiger partial charge is 0.598 e. The highest BCUT2D eigenvalue weighted by molar-refractivity contribution is 9.10. The second kappa shape index (κ2) is 7.22. The lowest BCUT2D eigenvalue weighted by Gasteiger charge is -2.35. The van der Waals surface area contributed by atoms with E-state index in [1.54, 1.807) is 20.8 Å². The molecule has 0 aliphatic heterocycles. The molecule has 0 fully saturated rings. The van der Waals surface area contributed by atoms with Gasteiger partial charge >= 0.3 is 0 Å². The molecule has 1 rings (SSSR count). The standard InChI is InChI=1S/C15H20BrF2NOS/c1-5-8-15(10-17,19-21(20)14(2,3)4)12-9-11(16)6-7-13(12)18/h5-7,9,19H,1,8,10H2,2-4H3/t15-,21-/m1/s1. The predicted molar refractivity (Wildman–Crippen MR) is 87.6 cm³/mol. The van der Waals surface area contributed by atoms with E-state index in [9.17, 15) is 13.3 Å². The molecule has 0 aliphatic rings. The number of rotatable bonds is 6. The minimum absolute atomic E-state index is 0.124. The molecule has 0 saturated heterocycles. The molecular weight excluding hydrogens is 360 g/mol. The first kappa shape index (κ1) is 18.6. The Labute approximate surface area is 136 Å². The van der Waals surface area contributed by atoms with Crippen LogP contribution >= 0.6 is 15.9 Å². The van der Waals surface area contributed by atoms with Gasteiger partial charge in [0.2, 0.25) is 0 Å². The summed E-state index contributed by atoms with van der Waals surface area (Å²) in [7, 11) is 0. The third-order valence-electron chi connectivity index (χ3n) is 3.01. The fourth-order valence-electron chi connectivity index (χ4n) is 1.80. The highest BCUT2D eigenvalue weighted by Gasteiger charge is 2.41. The number of hydrogen-bond donors (Lipinski definition) is 1. The maximum atomic E-state index is 14.2. The summed E-state index contributed by atoms with van der Waals surface area (Å²) in [6.07, 6.45) is 1.62. The summed E-state index contributed by atoms with van der Waals surface area (Å²) in [4.78, 5) is 0. The Bertz CT molecular complexity index is 507. The Kier molecular flexibility index (Phi) is 6.40. The maximum Gasteiger partial charge on any atom is 0.136 e. The minimum atomic E-state index is -1.54. The van der Waals surface area contributed by atoms with Crippen molar-refractivity contribution in [2.24, 2.45) is 0 Å². The topological polar surface area (TPSA) is 35.1 Å². The molecule has 1 N–H and O–H groups in total. The lowest BCUT2D eigenvalue weighted by Crippen LogP contribution is -2.53. The van der Waals surface area contributed by atoms with E-state index in [0.717, 1.165) is 0 Å². The summed E-state index contributed by atoms with van der Waals surface area (Å²) in [6.45, 7) is 8.01. The molecule has 1 aromatic carbocycles. The van der Waals surface area contributed by atoms with Crippen molar-refractivity contribution in [2.75, 3.05) is 6.67 Å². The van der Waals surface area contributed by atoms with Crippen LogP contribution in [0.2, 0.25) is 0 Å². The van der Waals surface area contributed by atoms with Crippen molar-refractivity contribution in [3.63, 3.8) is 0 Å². The van der Waals surface area contributed by atoms with Crippen LogP contribution in [0.15, 0.2) is 35.3 Å². The average Bonchev–Trinajstić information content (AvgIpc) is 2.39. The Hall–Kier alpha value is -0.430. The fourth-order valence-corrected chi connectivity index (χ4v) is 3.07. The summed E-state index contributed by atoms with van der Waals surface area (Å²) < 4.78 is 43.1. The average molecular weight is 380 g/mol. The summed E-state index contributed by atoms with van der Waals surface area (Å²) in [5, 5.41) is 0. The fraction of sp³-hybridized carbons (Fsp3) is 0.467. The van der Waals surface area contributed by atoms with E-state index >= 15 is 0 Å². The van der Waals surface area contributed by atoms with Crippen LogP contribution in [0.4, 0.5) is 8.78 Å². The van der Waals surface area contributed by atoms with Gasteiger partial charge in [-0.1, -0.05) is 22.0 Å². The quantitative estimate of drug-likeness (QED) is 0.587. The number of alkyl halides is 1. The van der Waals surface area contributed by atoms with Gasteiger partial charge in [-0.2, -0.15) is 0 Å². The van der Waals surface area contributed by atoms with Gasteiger partial charge in [-0.05, 0) is 45.4 Å². The second-order valence-corrected chi connectivity index (χ2v) is 8.70. The lowest BCUT2D eigenvalue weighted by atomic mass is 9.88. The van der Waals surface area contributed by atoms with Crippen molar-refractivity contribution in [3.05, 3.63) is 46.7 Å². The van der Waals surface area contributed by atoms with Crippen molar-refractivity contribution in [1.29, 1.82) is 0 Å². The third kappa shape index (κ3) is 4.52. The van der Waals surface area contributed by atoms with E-state index in [1.165, 1.54) is 24.3 Å². The van der Waals surface area contributed by atoms with Gasteiger partial charge < -0.3 is 4.55 Å². The van der Waals surface area contributed by atoms with E-state index in [0.29, 0.717) is 4.47 Å². The predicted octanol–water partition coefficient (Wildman–Crippen LogP) is 4.38. The van der Waals surface area contributed by atoms with Gasteiger partial charge in [-0.15, -0.1) is 11.3 Å². The molecule has 1 aromatic rings. The van der Waals surface area contributed by atoms with Crippen LogP contribution in [-0.2, 0) is 16.9 Å². The molecule has 2 atom stereocenters. The van der Waals surface area contributed by atoms with Crippen LogP contribution < -0.4 is 4.72 Å². The van der Waals surface area contributed by atoms with Gasteiger partial charge in [0, 0.05) is 21.4 Å². The Morgan fingerprint density at radius 3 is 2.52 bits per heavy atom. The lowest BCUT2D eigenvalue weighted by molar-refractivity contribution is 0.276. The smallest absolute Gasteiger partial charge is 0.136 e. The molecular formula is C15H20BrF2NOS. The first-order valence-electron chi connectivity index (χ1n) is 6.48. The van der Waals surface area contributed by atoms with Crippen molar-refractivity contribution >= 4 is 27.3 Å². The normalized spacial score (nSPS) is 16.3. The summed E-state index contributed by atoms with van der Waals surface area (Å²) >= 11 is 1.71. The van der Waals surface area contributed by atoms with Crippen LogP contribution in [-0.4, -0.2) is 16.0 Å². The van der Waals surface area contributed by atoms with Crippen LogP contribution in [0.5, 0.6) is 0 Å². The zero-order chi connectivity index (χ0) is 16.3. The second-order valence-electron chi connectivity index (χ2n) is 5.82. The van der Waals surface area contributed by atoms with Gasteiger partial charge in [0.1, 0.15) is 22.8 Å². The molecule has 0 amide bonds. The zero-order valence-electron chi connectivity index (χ0n) is 12.4. The van der Waals surface area contributed by atoms with Gasteiger partial charge in [0.25, 0.3) is 0 Å². The SMILES string of the molecule is C=CC[C@](CF)(N[S@+]([O-])C(C)(C)C)c1cc(Br)ccc1F. The molecule has 2 nitrogen and oxygen atoms in total. The Morgan fingerprint density at radius 2 is 2.05 bits per heavy atom. The van der Waals surface area contributed by atoms with E-state index in [4.69, 9.17) is 0 Å². The molecule has 0 aliphatic carbocycles. The van der Waals surface area contributed by atoms with Crippen molar-refractivity contribution in [3.8, 4) is 0 Å². The van der Waals surface area contributed by atoms with Crippen molar-refractivity contribution < 1.29 is 13.3 Å². The van der Waals surface area contributed by atoms with Crippen molar-refractivity contribution in [1.82, 2.24) is 4.72 Å². The number of halogens is 3. The number of benzene rings is 1. The van der Waals surface area contributed by atoms with Gasteiger partial charge in [0.15, 0.2) is 0 Å². The number of nitrogens with one attached hydrogen (secondary N) is 1. The van der Waals surface area contributed by atoms with Gasteiger partial charge in [0.05, 0.1) is 0 Å². The monoisotopic (exact) mass is 379 g/mol. The summed E-state index contributed by atoms with van der Waals surface area (Å²) in [5.74, 6) is -0.545. The molecule has 6 heteroatoms. The van der Waals surface area contributed by atoms with Gasteiger partial charge in [-0.25, -0.2) is 8.78 Å². The van der Waals surface area contributed by atoms with E-state index in [2.05, 4.69) is 27.2 Å². The minimum Gasteiger partial charge on any atom is -0.598 e. The zero-order valence-corrected chi connectivity index (χ0v) is 14.8. The molecule has 0 aromatic heterocycles.